The molecule has 1 aromatic rings. The van der Waals surface area contributed by atoms with Crippen LogP contribution in [0.1, 0.15) is 52.5 Å². The number of benzene rings is 1. The van der Waals surface area contributed by atoms with Gasteiger partial charge in [0, 0.05) is 32.2 Å². The molecule has 1 saturated heterocycles. The third-order valence-electron chi connectivity index (χ3n) is 6.25. The molecule has 0 aromatic heterocycles. The van der Waals surface area contributed by atoms with Gasteiger partial charge in [-0.15, -0.1) is 0 Å². The lowest BCUT2D eigenvalue weighted by Crippen LogP contribution is -2.61. The molecular formula is C24H36F3N5O3. The molecule has 5 amide bonds. The molecule has 11 heteroatoms. The highest BCUT2D eigenvalue weighted by Crippen LogP contribution is 2.34. The van der Waals surface area contributed by atoms with Gasteiger partial charge in [-0.2, -0.15) is 13.2 Å². The summed E-state index contributed by atoms with van der Waals surface area (Å²) in [6.45, 7) is 9.10. The van der Waals surface area contributed by atoms with Crippen LogP contribution < -0.4 is 16.0 Å². The van der Waals surface area contributed by atoms with Gasteiger partial charge in [0.05, 0.1) is 11.3 Å². The number of carbonyl (C=O) groups excluding carboxylic acids is 3. The topological polar surface area (TPSA) is 93.8 Å². The number of nitrogens with one attached hydrogen (secondary N) is 3. The number of alkyl halides is 3. The van der Waals surface area contributed by atoms with Crippen molar-refractivity contribution < 1.29 is 27.6 Å². The first-order chi connectivity index (χ1) is 16.5. The van der Waals surface area contributed by atoms with Crippen molar-refractivity contribution in [1.82, 2.24) is 20.4 Å². The summed E-state index contributed by atoms with van der Waals surface area (Å²) in [5.74, 6) is -0.576. The van der Waals surface area contributed by atoms with Crippen LogP contribution in [0.5, 0.6) is 0 Å². The molecule has 0 saturated carbocycles. The van der Waals surface area contributed by atoms with Gasteiger partial charge in [0.15, 0.2) is 0 Å². The predicted octanol–water partition coefficient (Wildman–Crippen LogP) is 4.28. The highest BCUT2D eigenvalue weighted by Gasteiger charge is 2.36. The molecular weight excluding hydrogens is 463 g/mol. The van der Waals surface area contributed by atoms with Crippen molar-refractivity contribution >= 4 is 23.7 Å². The molecule has 3 N–H and O–H groups in total. The zero-order valence-electron chi connectivity index (χ0n) is 20.7. The lowest BCUT2D eigenvalue weighted by molar-refractivity contribution is -0.137. The van der Waals surface area contributed by atoms with E-state index in [0.717, 1.165) is 25.0 Å². The number of para-hydroxylation sites is 1. The van der Waals surface area contributed by atoms with E-state index in [2.05, 4.69) is 16.0 Å². The quantitative estimate of drug-likeness (QED) is 0.466. The Morgan fingerprint density at radius 1 is 1.14 bits per heavy atom. The number of urea groups is 2. The Kier molecular flexibility index (Phi) is 10.2. The maximum Gasteiger partial charge on any atom is 0.418 e. The van der Waals surface area contributed by atoms with Crippen molar-refractivity contribution in [3.05, 3.63) is 29.8 Å². The van der Waals surface area contributed by atoms with E-state index >= 15 is 0 Å². The minimum Gasteiger partial charge on any atom is -0.338 e. The van der Waals surface area contributed by atoms with Crippen molar-refractivity contribution in [2.75, 3.05) is 31.5 Å². The van der Waals surface area contributed by atoms with E-state index in [0.29, 0.717) is 32.6 Å². The highest BCUT2D eigenvalue weighted by atomic mass is 19.4. The molecule has 1 fully saturated rings. The van der Waals surface area contributed by atoms with Gasteiger partial charge in [0.25, 0.3) is 0 Å². The Morgan fingerprint density at radius 3 is 2.43 bits per heavy atom. The fraction of sp³-hybridized carbons (Fsp3) is 0.625. The molecule has 1 aromatic carbocycles. The monoisotopic (exact) mass is 499 g/mol. The van der Waals surface area contributed by atoms with Gasteiger partial charge in [0.1, 0.15) is 6.04 Å². The lowest BCUT2D eigenvalue weighted by atomic mass is 9.97. The summed E-state index contributed by atoms with van der Waals surface area (Å²) in [5.41, 5.74) is -1.35. The van der Waals surface area contributed by atoms with Crippen LogP contribution in [0.15, 0.2) is 24.3 Å². The van der Waals surface area contributed by atoms with Crippen LogP contribution in [-0.2, 0) is 11.0 Å². The molecule has 3 unspecified atom stereocenters. The van der Waals surface area contributed by atoms with Crippen LogP contribution in [0.2, 0.25) is 0 Å². The predicted molar refractivity (Wildman–Crippen MR) is 128 cm³/mol. The van der Waals surface area contributed by atoms with E-state index in [1.54, 1.807) is 16.7 Å². The smallest absolute Gasteiger partial charge is 0.338 e. The second-order valence-electron chi connectivity index (χ2n) is 8.92. The Morgan fingerprint density at radius 2 is 1.83 bits per heavy atom. The van der Waals surface area contributed by atoms with Crippen LogP contribution in [0, 0.1) is 5.92 Å². The summed E-state index contributed by atoms with van der Waals surface area (Å²) >= 11 is 0. The Balaban J connectivity index is 2.06. The second kappa shape index (κ2) is 12.6. The number of unbranched alkanes of at least 4 members (excludes halogenated alkanes) is 1. The molecule has 8 nitrogen and oxygen atoms in total. The molecule has 0 bridgehead atoms. The largest absolute Gasteiger partial charge is 0.418 e. The van der Waals surface area contributed by atoms with Gasteiger partial charge in [-0.3, -0.25) is 4.79 Å². The summed E-state index contributed by atoms with van der Waals surface area (Å²) in [5, 5.41) is 7.69. The number of anilines is 1. The first-order valence-electron chi connectivity index (χ1n) is 12.1. The van der Waals surface area contributed by atoms with Crippen molar-refractivity contribution in [2.45, 2.75) is 65.2 Å². The first kappa shape index (κ1) is 28.3. The second-order valence-corrected chi connectivity index (χ2v) is 8.92. The maximum atomic E-state index is 13.3. The Hall–Kier alpha value is -2.98. The van der Waals surface area contributed by atoms with E-state index in [9.17, 15) is 27.6 Å². The summed E-state index contributed by atoms with van der Waals surface area (Å²) in [7, 11) is 0. The zero-order valence-corrected chi connectivity index (χ0v) is 20.7. The van der Waals surface area contributed by atoms with Crippen molar-refractivity contribution in [3.8, 4) is 0 Å². The van der Waals surface area contributed by atoms with E-state index in [4.69, 9.17) is 0 Å². The zero-order chi connectivity index (χ0) is 26.2. The molecule has 0 aliphatic carbocycles. The summed E-state index contributed by atoms with van der Waals surface area (Å²) < 4.78 is 39.8. The molecule has 2 rings (SSSR count). The fourth-order valence-corrected chi connectivity index (χ4v) is 3.95. The summed E-state index contributed by atoms with van der Waals surface area (Å²) in [6, 6.07) is 2.47. The number of rotatable bonds is 8. The third-order valence-corrected chi connectivity index (χ3v) is 6.25. The third kappa shape index (κ3) is 7.76. The number of carbonyl (C=O) groups is 3. The number of hydrogen-bond donors (Lipinski definition) is 3. The molecule has 196 valence electrons. The van der Waals surface area contributed by atoms with Crippen LogP contribution >= 0.6 is 0 Å². The number of hydrogen-bond acceptors (Lipinski definition) is 3. The molecule has 1 heterocycles. The molecule has 1 aliphatic rings. The number of halogens is 3. The molecule has 1 aliphatic heterocycles. The van der Waals surface area contributed by atoms with Crippen LogP contribution in [0.25, 0.3) is 0 Å². The average molecular weight is 500 g/mol. The molecule has 35 heavy (non-hydrogen) atoms. The molecule has 3 atom stereocenters. The van der Waals surface area contributed by atoms with E-state index in [1.165, 1.54) is 12.1 Å². The summed E-state index contributed by atoms with van der Waals surface area (Å²) in [6.07, 6.45) is -2.20. The van der Waals surface area contributed by atoms with Crippen molar-refractivity contribution in [2.24, 2.45) is 5.92 Å². The number of piperazine rings is 1. The SMILES string of the molecule is CCCCNC(=O)N1CCN(C(=O)C(NC(=O)Nc2ccccc2C(F)(F)F)C(C)CC)CC1C. The highest BCUT2D eigenvalue weighted by molar-refractivity contribution is 5.94. The maximum absolute atomic E-state index is 13.3. The van der Waals surface area contributed by atoms with Gasteiger partial charge in [-0.25, -0.2) is 9.59 Å². The van der Waals surface area contributed by atoms with E-state index in [1.807, 2.05) is 20.8 Å². The minimum atomic E-state index is -4.63. The Labute approximate surface area is 204 Å². The normalized spacial score (nSPS) is 18.0. The van der Waals surface area contributed by atoms with Crippen molar-refractivity contribution in [3.63, 3.8) is 0 Å². The molecule has 0 spiro atoms. The lowest BCUT2D eigenvalue weighted by Gasteiger charge is -2.41. The standard InChI is InChI=1S/C24H36F3N5O3/c1-5-7-12-28-23(35)32-14-13-31(15-17(32)4)21(33)20(16(3)6-2)30-22(34)29-19-11-9-8-10-18(19)24(25,26)27/h8-11,16-17,20H,5-7,12-15H2,1-4H3,(H,28,35)(H2,29,30,34). The first-order valence-corrected chi connectivity index (χ1v) is 12.1. The minimum absolute atomic E-state index is 0.169. The van der Waals surface area contributed by atoms with Crippen LogP contribution in [0.4, 0.5) is 28.4 Å². The number of nitrogens with zero attached hydrogens (tertiary/aromatic N) is 2. The summed E-state index contributed by atoms with van der Waals surface area (Å²) in [4.78, 5) is 41.7. The molecule has 0 radical (unpaired) electrons. The Bertz CT molecular complexity index is 880. The van der Waals surface area contributed by atoms with Gasteiger partial charge >= 0.3 is 18.2 Å². The average Bonchev–Trinajstić information content (AvgIpc) is 2.81. The van der Waals surface area contributed by atoms with Gasteiger partial charge in [-0.05, 0) is 31.4 Å². The van der Waals surface area contributed by atoms with Gasteiger partial charge in [0.2, 0.25) is 5.91 Å². The van der Waals surface area contributed by atoms with Crippen LogP contribution in [0.3, 0.4) is 0 Å². The van der Waals surface area contributed by atoms with E-state index in [-0.39, 0.29) is 29.6 Å². The fourth-order valence-electron chi connectivity index (χ4n) is 3.95. The van der Waals surface area contributed by atoms with Gasteiger partial charge < -0.3 is 25.8 Å². The van der Waals surface area contributed by atoms with Crippen molar-refractivity contribution in [1.29, 1.82) is 0 Å². The van der Waals surface area contributed by atoms with E-state index < -0.39 is 23.8 Å². The van der Waals surface area contributed by atoms with Crippen LogP contribution in [-0.4, -0.2) is 66.0 Å². The number of amides is 5. The van der Waals surface area contributed by atoms with Gasteiger partial charge in [-0.1, -0.05) is 45.7 Å².